The Kier molecular flexibility index (Phi) is 7.21. The van der Waals surface area contributed by atoms with Crippen LogP contribution >= 0.6 is 12.2 Å². The SMILES string of the molecule is COCCCN1C(=O)/C(=C\c2ccc(OC)c(COc3ccccc3)c2)NC1=S. The van der Waals surface area contributed by atoms with Gasteiger partial charge in [0, 0.05) is 25.8 Å². The predicted molar refractivity (Wildman–Crippen MR) is 116 cm³/mol. The van der Waals surface area contributed by atoms with E-state index < -0.39 is 0 Å². The molecule has 29 heavy (non-hydrogen) atoms. The highest BCUT2D eigenvalue weighted by molar-refractivity contribution is 7.80. The molecule has 0 bridgehead atoms. The van der Waals surface area contributed by atoms with Crippen LogP contribution < -0.4 is 14.8 Å². The summed E-state index contributed by atoms with van der Waals surface area (Å²) < 4.78 is 16.3. The summed E-state index contributed by atoms with van der Waals surface area (Å²) in [4.78, 5) is 14.2. The molecule has 1 aliphatic rings. The lowest BCUT2D eigenvalue weighted by Gasteiger charge is -2.13. The molecule has 1 aliphatic heterocycles. The lowest BCUT2D eigenvalue weighted by atomic mass is 10.1. The molecule has 0 radical (unpaired) electrons. The lowest BCUT2D eigenvalue weighted by Crippen LogP contribution is -2.32. The molecule has 0 spiro atoms. The van der Waals surface area contributed by atoms with Gasteiger partial charge in [0.1, 0.15) is 23.8 Å². The van der Waals surface area contributed by atoms with E-state index >= 15 is 0 Å². The van der Waals surface area contributed by atoms with Gasteiger partial charge in [-0.25, -0.2) is 0 Å². The number of benzene rings is 2. The smallest absolute Gasteiger partial charge is 0.276 e. The summed E-state index contributed by atoms with van der Waals surface area (Å²) in [5, 5.41) is 3.42. The number of methoxy groups -OCH3 is 2. The van der Waals surface area contributed by atoms with Gasteiger partial charge in [-0.2, -0.15) is 0 Å². The Balaban J connectivity index is 1.75. The second-order valence-corrected chi connectivity index (χ2v) is 6.85. The van der Waals surface area contributed by atoms with Gasteiger partial charge in [0.2, 0.25) is 0 Å². The van der Waals surface area contributed by atoms with Crippen LogP contribution in [0.1, 0.15) is 17.5 Å². The van der Waals surface area contributed by atoms with Gasteiger partial charge < -0.3 is 19.5 Å². The fourth-order valence-electron chi connectivity index (χ4n) is 2.99. The van der Waals surface area contributed by atoms with Crippen LogP contribution in [0.4, 0.5) is 0 Å². The van der Waals surface area contributed by atoms with Crippen molar-refractivity contribution in [3.8, 4) is 11.5 Å². The third kappa shape index (κ3) is 5.34. The highest BCUT2D eigenvalue weighted by Crippen LogP contribution is 2.24. The Bertz CT molecular complexity index is 899. The van der Waals surface area contributed by atoms with Crippen LogP contribution in [0.5, 0.6) is 11.5 Å². The number of hydrogen-bond acceptors (Lipinski definition) is 5. The Hall–Kier alpha value is -2.90. The van der Waals surface area contributed by atoms with Crippen LogP contribution in [-0.2, 0) is 16.1 Å². The van der Waals surface area contributed by atoms with Gasteiger partial charge in [0.05, 0.1) is 7.11 Å². The highest BCUT2D eigenvalue weighted by Gasteiger charge is 2.30. The van der Waals surface area contributed by atoms with Crippen LogP contribution in [-0.4, -0.2) is 43.3 Å². The number of carbonyl (C=O) groups is 1. The van der Waals surface area contributed by atoms with Gasteiger partial charge in [-0.05, 0) is 54.5 Å². The molecule has 2 aromatic carbocycles. The molecule has 3 rings (SSSR count). The Labute approximate surface area is 176 Å². The minimum Gasteiger partial charge on any atom is -0.496 e. The van der Waals surface area contributed by atoms with Crippen molar-refractivity contribution in [3.05, 3.63) is 65.4 Å². The first-order chi connectivity index (χ1) is 14.1. The number of nitrogens with one attached hydrogen (secondary N) is 1. The molecule has 0 saturated carbocycles. The first-order valence-electron chi connectivity index (χ1n) is 9.30. The minimum atomic E-state index is -0.135. The molecular formula is C22H24N2O4S. The van der Waals surface area contributed by atoms with Crippen molar-refractivity contribution in [1.82, 2.24) is 10.2 Å². The summed E-state index contributed by atoms with van der Waals surface area (Å²) in [6, 6.07) is 15.3. The molecule has 6 nitrogen and oxygen atoms in total. The first kappa shape index (κ1) is 20.8. The zero-order chi connectivity index (χ0) is 20.6. The summed E-state index contributed by atoms with van der Waals surface area (Å²) in [5.41, 5.74) is 2.19. The van der Waals surface area contributed by atoms with Gasteiger partial charge in [-0.3, -0.25) is 9.69 Å². The quantitative estimate of drug-likeness (QED) is 0.387. The fraction of sp³-hybridized carbons (Fsp3) is 0.273. The predicted octanol–water partition coefficient (Wildman–Crippen LogP) is 3.37. The molecule has 2 aromatic rings. The zero-order valence-electron chi connectivity index (χ0n) is 16.5. The van der Waals surface area contributed by atoms with E-state index in [9.17, 15) is 4.79 Å². The third-order valence-electron chi connectivity index (χ3n) is 4.45. The summed E-state index contributed by atoms with van der Waals surface area (Å²) in [6.45, 7) is 1.45. The van der Waals surface area contributed by atoms with E-state index in [4.69, 9.17) is 26.4 Å². The minimum absolute atomic E-state index is 0.135. The summed E-state index contributed by atoms with van der Waals surface area (Å²) in [5.74, 6) is 1.37. The summed E-state index contributed by atoms with van der Waals surface area (Å²) in [6.07, 6.45) is 2.51. The lowest BCUT2D eigenvalue weighted by molar-refractivity contribution is -0.122. The molecule has 1 amide bonds. The number of hydrogen-bond donors (Lipinski definition) is 1. The maximum atomic E-state index is 12.7. The number of amides is 1. The van der Waals surface area contributed by atoms with Gasteiger partial charge in [0.15, 0.2) is 5.11 Å². The molecule has 0 unspecified atom stereocenters. The van der Waals surface area contributed by atoms with E-state index in [-0.39, 0.29) is 5.91 Å². The molecule has 0 atom stereocenters. The number of carbonyl (C=O) groups excluding carboxylic acids is 1. The van der Waals surface area contributed by atoms with E-state index in [0.717, 1.165) is 29.0 Å². The standard InChI is InChI=1S/C22H24N2O4S/c1-26-12-6-11-24-21(25)19(23-22(24)29)14-16-9-10-20(27-2)17(13-16)15-28-18-7-4-3-5-8-18/h3-5,7-10,13-14H,6,11-12,15H2,1-2H3,(H,23,29)/b19-14+. The van der Waals surface area contributed by atoms with Crippen LogP contribution in [0.15, 0.2) is 54.2 Å². The van der Waals surface area contributed by atoms with Crippen molar-refractivity contribution in [2.24, 2.45) is 0 Å². The molecule has 7 heteroatoms. The van der Waals surface area contributed by atoms with E-state index in [0.29, 0.717) is 30.6 Å². The Morgan fingerprint density at radius 1 is 1.14 bits per heavy atom. The molecule has 0 aliphatic carbocycles. The number of para-hydroxylation sites is 1. The van der Waals surface area contributed by atoms with Gasteiger partial charge in [-0.15, -0.1) is 0 Å². The molecule has 1 N–H and O–H groups in total. The van der Waals surface area contributed by atoms with E-state index in [2.05, 4.69) is 5.32 Å². The number of rotatable bonds is 9. The molecule has 152 valence electrons. The molecule has 1 fully saturated rings. The number of ether oxygens (including phenoxy) is 3. The Morgan fingerprint density at radius 3 is 2.66 bits per heavy atom. The zero-order valence-corrected chi connectivity index (χ0v) is 17.3. The van der Waals surface area contributed by atoms with Gasteiger partial charge in [-0.1, -0.05) is 24.3 Å². The van der Waals surface area contributed by atoms with Crippen molar-refractivity contribution >= 4 is 29.3 Å². The van der Waals surface area contributed by atoms with E-state index in [1.807, 2.05) is 48.5 Å². The van der Waals surface area contributed by atoms with Crippen molar-refractivity contribution in [2.45, 2.75) is 13.0 Å². The molecular weight excluding hydrogens is 388 g/mol. The maximum Gasteiger partial charge on any atom is 0.276 e. The first-order valence-corrected chi connectivity index (χ1v) is 9.71. The van der Waals surface area contributed by atoms with Crippen molar-refractivity contribution < 1.29 is 19.0 Å². The molecule has 1 heterocycles. The third-order valence-corrected chi connectivity index (χ3v) is 4.77. The van der Waals surface area contributed by atoms with Crippen LogP contribution in [0.2, 0.25) is 0 Å². The monoisotopic (exact) mass is 412 g/mol. The average molecular weight is 413 g/mol. The maximum absolute atomic E-state index is 12.7. The Morgan fingerprint density at radius 2 is 1.93 bits per heavy atom. The van der Waals surface area contributed by atoms with E-state index in [1.165, 1.54) is 0 Å². The molecule has 0 aromatic heterocycles. The van der Waals surface area contributed by atoms with Gasteiger partial charge >= 0.3 is 0 Å². The summed E-state index contributed by atoms with van der Waals surface area (Å²) >= 11 is 5.29. The largest absolute Gasteiger partial charge is 0.496 e. The van der Waals surface area contributed by atoms with E-state index in [1.54, 1.807) is 25.2 Å². The normalized spacial score (nSPS) is 15.0. The second-order valence-electron chi connectivity index (χ2n) is 6.46. The average Bonchev–Trinajstić information content (AvgIpc) is 3.00. The second kappa shape index (κ2) is 10.0. The van der Waals surface area contributed by atoms with Crippen LogP contribution in [0.3, 0.4) is 0 Å². The molecule has 1 saturated heterocycles. The van der Waals surface area contributed by atoms with Gasteiger partial charge in [0.25, 0.3) is 5.91 Å². The van der Waals surface area contributed by atoms with Crippen molar-refractivity contribution in [1.29, 1.82) is 0 Å². The van der Waals surface area contributed by atoms with Crippen LogP contribution in [0.25, 0.3) is 6.08 Å². The van der Waals surface area contributed by atoms with Crippen molar-refractivity contribution in [3.63, 3.8) is 0 Å². The highest BCUT2D eigenvalue weighted by atomic mass is 32.1. The van der Waals surface area contributed by atoms with Crippen LogP contribution in [0, 0.1) is 0 Å². The van der Waals surface area contributed by atoms with Crippen molar-refractivity contribution in [2.75, 3.05) is 27.4 Å². The number of thiocarbonyl (C=S) groups is 1. The fourth-order valence-corrected chi connectivity index (χ4v) is 3.27. The topological polar surface area (TPSA) is 60.0 Å². The summed E-state index contributed by atoms with van der Waals surface area (Å²) in [7, 11) is 3.26. The number of nitrogens with zero attached hydrogens (tertiary/aromatic N) is 1.